The number of carbonyl (C=O) groups is 1. The smallest absolute Gasteiger partial charge is 0.317 e. The molecule has 0 radical (unpaired) electrons. The van der Waals surface area contributed by atoms with E-state index in [0.717, 1.165) is 25.7 Å². The first kappa shape index (κ1) is 15.4. The molecule has 2 fully saturated rings. The molecule has 1 heterocycles. The second-order valence-electron chi connectivity index (χ2n) is 8.06. The normalized spacial score (nSPS) is 26.6. The van der Waals surface area contributed by atoms with Crippen LogP contribution in [0.3, 0.4) is 0 Å². The summed E-state index contributed by atoms with van der Waals surface area (Å²) >= 11 is 6.44. The van der Waals surface area contributed by atoms with Crippen LogP contribution in [0.2, 0.25) is 5.02 Å². The standard InChI is InChI=1S/C22H35ClN4O/c1-17-5-4-6-20(21(17)23)27-15-13-26(14-16-27)12-11-18-7-9-19(10-8-18)24-22(28)25(2)3/h4-6,18-19H,7-16H2,1-3H3,(H,24,28)/i4D,5D,6D,12D2. The predicted octanol–water partition coefficient (Wildman–Crippen LogP) is 3.99. The van der Waals surface area contributed by atoms with Gasteiger partial charge in [0.25, 0.3) is 0 Å². The van der Waals surface area contributed by atoms with Crippen molar-refractivity contribution in [1.82, 2.24) is 15.1 Å². The predicted molar refractivity (Wildman–Crippen MR) is 117 cm³/mol. The minimum absolute atomic E-state index is 0.0141. The molecule has 3 rings (SSSR count). The summed E-state index contributed by atoms with van der Waals surface area (Å²) in [6, 6.07) is -0.0884. The van der Waals surface area contributed by atoms with Crippen molar-refractivity contribution in [3.05, 3.63) is 28.7 Å². The van der Waals surface area contributed by atoms with Gasteiger partial charge in [0.05, 0.1) is 14.8 Å². The third-order valence-electron chi connectivity index (χ3n) is 5.75. The van der Waals surface area contributed by atoms with Gasteiger partial charge in [0.2, 0.25) is 0 Å². The Balaban J connectivity index is 1.55. The van der Waals surface area contributed by atoms with Gasteiger partial charge in [-0.3, -0.25) is 4.90 Å². The first-order valence-electron chi connectivity index (χ1n) is 12.7. The van der Waals surface area contributed by atoms with Gasteiger partial charge in [-0.1, -0.05) is 23.7 Å². The van der Waals surface area contributed by atoms with Crippen LogP contribution in [0.25, 0.3) is 0 Å². The lowest BCUT2D eigenvalue weighted by Crippen LogP contribution is -2.47. The summed E-state index contributed by atoms with van der Waals surface area (Å²) in [5.41, 5.74) is 0.983. The van der Waals surface area contributed by atoms with E-state index in [4.69, 9.17) is 18.5 Å². The average Bonchev–Trinajstić information content (AvgIpc) is 2.78. The van der Waals surface area contributed by atoms with E-state index in [1.54, 1.807) is 21.0 Å². The molecule has 0 spiro atoms. The Morgan fingerprint density at radius 1 is 1.25 bits per heavy atom. The Kier molecular flexibility index (Phi) is 5.41. The van der Waals surface area contributed by atoms with E-state index in [0.29, 0.717) is 48.9 Å². The van der Waals surface area contributed by atoms with Gasteiger partial charge in [0.15, 0.2) is 0 Å². The van der Waals surface area contributed by atoms with Gasteiger partial charge in [0, 0.05) is 49.1 Å². The molecular weight excluding hydrogens is 372 g/mol. The fourth-order valence-electron chi connectivity index (χ4n) is 3.85. The van der Waals surface area contributed by atoms with Gasteiger partial charge in [-0.05, 0) is 63.0 Å². The largest absolute Gasteiger partial charge is 0.368 e. The first-order valence-corrected chi connectivity index (χ1v) is 10.5. The van der Waals surface area contributed by atoms with Crippen molar-refractivity contribution in [3.63, 3.8) is 0 Å². The maximum Gasteiger partial charge on any atom is 0.317 e. The Labute approximate surface area is 182 Å². The van der Waals surface area contributed by atoms with E-state index in [-0.39, 0.29) is 36.1 Å². The molecular formula is C22H35ClN4O. The zero-order valence-corrected chi connectivity index (χ0v) is 17.9. The van der Waals surface area contributed by atoms with Gasteiger partial charge in [0.1, 0.15) is 0 Å². The van der Waals surface area contributed by atoms with E-state index in [1.807, 2.05) is 9.80 Å². The van der Waals surface area contributed by atoms with Crippen molar-refractivity contribution in [2.75, 3.05) is 51.7 Å². The summed E-state index contributed by atoms with van der Waals surface area (Å²) < 4.78 is 41.7. The van der Waals surface area contributed by atoms with E-state index in [2.05, 4.69) is 5.32 Å². The highest BCUT2D eigenvalue weighted by molar-refractivity contribution is 6.34. The maximum absolute atomic E-state index is 11.9. The molecule has 156 valence electrons. The van der Waals surface area contributed by atoms with Crippen LogP contribution in [0.1, 0.15) is 44.5 Å². The highest BCUT2D eigenvalue weighted by Gasteiger charge is 2.24. The van der Waals surface area contributed by atoms with E-state index in [1.165, 1.54) is 4.90 Å². The fraction of sp³-hybridized carbons (Fsp3) is 0.682. The summed E-state index contributed by atoms with van der Waals surface area (Å²) in [6.45, 7) is 2.32. The molecule has 2 amide bonds. The summed E-state index contributed by atoms with van der Waals surface area (Å²) in [5.74, 6) is 0.290. The molecule has 0 unspecified atom stereocenters. The molecule has 2 aliphatic rings. The van der Waals surface area contributed by atoms with Gasteiger partial charge >= 0.3 is 6.03 Å². The molecule has 1 aliphatic heterocycles. The quantitative estimate of drug-likeness (QED) is 0.796. The number of nitrogens with one attached hydrogen (secondary N) is 1. The van der Waals surface area contributed by atoms with E-state index >= 15 is 0 Å². The van der Waals surface area contributed by atoms with Crippen molar-refractivity contribution in [2.24, 2.45) is 5.92 Å². The number of halogens is 1. The van der Waals surface area contributed by atoms with Crippen LogP contribution in [0.5, 0.6) is 0 Å². The fourth-order valence-corrected chi connectivity index (χ4v) is 4.06. The zero-order valence-electron chi connectivity index (χ0n) is 22.1. The topological polar surface area (TPSA) is 38.8 Å². The van der Waals surface area contributed by atoms with Crippen molar-refractivity contribution in [3.8, 4) is 0 Å². The monoisotopic (exact) mass is 411 g/mol. The molecule has 0 atom stereocenters. The van der Waals surface area contributed by atoms with Crippen LogP contribution in [0.4, 0.5) is 10.5 Å². The first-order chi connectivity index (χ1) is 15.4. The van der Waals surface area contributed by atoms with Gasteiger partial charge in [-0.2, -0.15) is 0 Å². The lowest BCUT2D eigenvalue weighted by atomic mass is 9.84. The Morgan fingerprint density at radius 2 is 1.93 bits per heavy atom. The third kappa shape index (κ3) is 5.54. The average molecular weight is 412 g/mol. The van der Waals surface area contributed by atoms with E-state index < -0.39 is 6.50 Å². The summed E-state index contributed by atoms with van der Waals surface area (Å²) in [7, 11) is 3.46. The lowest BCUT2D eigenvalue weighted by Gasteiger charge is -2.37. The van der Waals surface area contributed by atoms with Crippen LogP contribution >= 0.6 is 11.6 Å². The molecule has 5 nitrogen and oxygen atoms in total. The third-order valence-corrected chi connectivity index (χ3v) is 6.21. The highest BCUT2D eigenvalue weighted by atomic mass is 35.5. The van der Waals surface area contributed by atoms with Crippen molar-refractivity contribution >= 4 is 23.3 Å². The summed E-state index contributed by atoms with van der Waals surface area (Å²) in [5, 5.41) is 3.38. The molecule has 0 aromatic heterocycles. The van der Waals surface area contributed by atoms with Crippen LogP contribution in [-0.4, -0.2) is 68.6 Å². The maximum atomic E-state index is 11.9. The number of rotatable bonds is 5. The van der Waals surface area contributed by atoms with Gasteiger partial charge < -0.3 is 15.1 Å². The van der Waals surface area contributed by atoms with Crippen molar-refractivity contribution in [2.45, 2.75) is 45.1 Å². The Morgan fingerprint density at radius 3 is 2.57 bits per heavy atom. The number of urea groups is 1. The summed E-state index contributed by atoms with van der Waals surface area (Å²) in [6.07, 6.45) is 4.02. The lowest BCUT2D eigenvalue weighted by molar-refractivity contribution is 0.194. The van der Waals surface area contributed by atoms with Crippen molar-refractivity contribution < 1.29 is 11.6 Å². The molecule has 6 heteroatoms. The Bertz CT molecular complexity index is 840. The highest BCUT2D eigenvalue weighted by Crippen LogP contribution is 2.30. The molecule has 1 saturated carbocycles. The number of hydrogen-bond acceptors (Lipinski definition) is 3. The molecule has 1 saturated heterocycles. The molecule has 28 heavy (non-hydrogen) atoms. The molecule has 1 N–H and O–H groups in total. The summed E-state index contributed by atoms with van der Waals surface area (Å²) in [4.78, 5) is 17.2. The minimum Gasteiger partial charge on any atom is -0.368 e. The zero-order chi connectivity index (χ0) is 24.5. The van der Waals surface area contributed by atoms with Gasteiger partial charge in [-0.15, -0.1) is 0 Å². The molecule has 1 aromatic rings. The number of amides is 2. The number of carbonyl (C=O) groups excluding carboxylic acids is 1. The SMILES string of the molecule is [2H]c1c([2H])c(C)c(Cl)c(N2CCN(C([2H])([2H])CC3CCC(NC(=O)N(C)C)CC3)CC2)c1[2H]. The second-order valence-corrected chi connectivity index (χ2v) is 8.44. The second kappa shape index (κ2) is 9.84. The van der Waals surface area contributed by atoms with Gasteiger partial charge in [-0.25, -0.2) is 4.79 Å². The number of nitrogens with zero attached hydrogens (tertiary/aromatic N) is 3. The van der Waals surface area contributed by atoms with Crippen LogP contribution < -0.4 is 10.2 Å². The van der Waals surface area contributed by atoms with Crippen molar-refractivity contribution in [1.29, 1.82) is 0 Å². The number of piperazine rings is 1. The van der Waals surface area contributed by atoms with Crippen LogP contribution in [0.15, 0.2) is 18.1 Å². The van der Waals surface area contributed by atoms with E-state index in [9.17, 15) is 4.79 Å². The molecule has 0 bridgehead atoms. The number of benzene rings is 1. The van der Waals surface area contributed by atoms with Crippen LogP contribution in [0, 0.1) is 12.8 Å². The van der Waals surface area contributed by atoms with Crippen LogP contribution in [-0.2, 0) is 0 Å². The minimum atomic E-state index is -1.42. The number of anilines is 1. The number of hydrogen-bond donors (Lipinski definition) is 1. The molecule has 1 aromatic carbocycles. The Hall–Kier alpha value is -1.46. The molecule has 1 aliphatic carbocycles.